The molecule has 0 aliphatic carbocycles. The standard InChI is InChI=1S/C14H14ClNO2S/c1-10-2-4-12(5-3-10)16(8-14(17)18)7-13-6-11(15)9-19-13/h2-6,9H,7-8H2,1H3,(H,17,18). The number of aliphatic carboxylic acids is 1. The Morgan fingerprint density at radius 1 is 1.37 bits per heavy atom. The molecule has 0 fully saturated rings. The highest BCUT2D eigenvalue weighted by Gasteiger charge is 2.12. The third-order valence-electron chi connectivity index (χ3n) is 2.69. The summed E-state index contributed by atoms with van der Waals surface area (Å²) in [6.07, 6.45) is 0. The van der Waals surface area contributed by atoms with Crippen LogP contribution in [-0.2, 0) is 11.3 Å². The Kier molecular flexibility index (Phi) is 4.45. The lowest BCUT2D eigenvalue weighted by Gasteiger charge is -2.22. The molecule has 2 rings (SSSR count). The zero-order valence-corrected chi connectivity index (χ0v) is 12.0. The Labute approximate surface area is 121 Å². The van der Waals surface area contributed by atoms with Gasteiger partial charge in [-0.15, -0.1) is 11.3 Å². The number of hydrogen-bond donors (Lipinski definition) is 1. The minimum Gasteiger partial charge on any atom is -0.480 e. The molecule has 0 amide bonds. The summed E-state index contributed by atoms with van der Waals surface area (Å²) >= 11 is 7.43. The highest BCUT2D eigenvalue weighted by atomic mass is 35.5. The number of carboxylic acid groups (broad SMARTS) is 1. The molecule has 2 aromatic rings. The number of anilines is 1. The fraction of sp³-hybridized carbons (Fsp3) is 0.214. The zero-order valence-electron chi connectivity index (χ0n) is 10.5. The Bertz CT molecular complexity index is 565. The SMILES string of the molecule is Cc1ccc(N(CC(=O)O)Cc2cc(Cl)cs2)cc1. The second-order valence-corrected chi connectivity index (χ2v) is 5.75. The van der Waals surface area contributed by atoms with E-state index in [0.29, 0.717) is 11.6 Å². The van der Waals surface area contributed by atoms with E-state index in [1.165, 1.54) is 11.3 Å². The summed E-state index contributed by atoms with van der Waals surface area (Å²) in [5.74, 6) is -0.844. The number of halogens is 1. The molecule has 3 nitrogen and oxygen atoms in total. The van der Waals surface area contributed by atoms with E-state index < -0.39 is 5.97 Å². The number of thiophene rings is 1. The number of aryl methyl sites for hydroxylation is 1. The Hall–Kier alpha value is -1.52. The molecule has 0 aliphatic heterocycles. The molecule has 0 atom stereocenters. The number of benzene rings is 1. The molecule has 0 saturated carbocycles. The number of rotatable bonds is 5. The van der Waals surface area contributed by atoms with Crippen molar-refractivity contribution in [3.05, 3.63) is 51.2 Å². The van der Waals surface area contributed by atoms with Gasteiger partial charge in [-0.05, 0) is 25.1 Å². The summed E-state index contributed by atoms with van der Waals surface area (Å²) in [6, 6.07) is 9.70. The topological polar surface area (TPSA) is 40.5 Å². The van der Waals surface area contributed by atoms with E-state index >= 15 is 0 Å². The van der Waals surface area contributed by atoms with Crippen LogP contribution in [0.15, 0.2) is 35.7 Å². The normalized spacial score (nSPS) is 10.4. The van der Waals surface area contributed by atoms with Crippen LogP contribution in [-0.4, -0.2) is 17.6 Å². The second-order valence-electron chi connectivity index (χ2n) is 4.32. The summed E-state index contributed by atoms with van der Waals surface area (Å²) in [4.78, 5) is 13.9. The van der Waals surface area contributed by atoms with E-state index in [0.717, 1.165) is 16.1 Å². The molecular formula is C14H14ClNO2S. The van der Waals surface area contributed by atoms with Crippen LogP contribution < -0.4 is 4.90 Å². The van der Waals surface area contributed by atoms with Crippen LogP contribution in [0.2, 0.25) is 5.02 Å². The molecule has 1 aromatic carbocycles. The first-order valence-corrected chi connectivity index (χ1v) is 7.06. The van der Waals surface area contributed by atoms with Crippen LogP contribution in [0.25, 0.3) is 0 Å². The Morgan fingerprint density at radius 3 is 2.58 bits per heavy atom. The number of carbonyl (C=O) groups is 1. The van der Waals surface area contributed by atoms with Crippen LogP contribution in [0.1, 0.15) is 10.4 Å². The van der Waals surface area contributed by atoms with Gasteiger partial charge in [0.2, 0.25) is 0 Å². The molecule has 5 heteroatoms. The van der Waals surface area contributed by atoms with Gasteiger partial charge < -0.3 is 10.0 Å². The minimum atomic E-state index is -0.844. The van der Waals surface area contributed by atoms with E-state index in [1.807, 2.05) is 47.5 Å². The van der Waals surface area contributed by atoms with Crippen molar-refractivity contribution < 1.29 is 9.90 Å². The van der Waals surface area contributed by atoms with Gasteiger partial charge in [-0.3, -0.25) is 4.79 Å². The largest absolute Gasteiger partial charge is 0.480 e. The molecule has 1 aromatic heterocycles. The van der Waals surface area contributed by atoms with E-state index in [9.17, 15) is 4.79 Å². The first-order valence-electron chi connectivity index (χ1n) is 5.81. The van der Waals surface area contributed by atoms with Gasteiger partial charge in [-0.2, -0.15) is 0 Å². The number of nitrogens with zero attached hydrogens (tertiary/aromatic N) is 1. The van der Waals surface area contributed by atoms with Crippen molar-refractivity contribution in [1.29, 1.82) is 0 Å². The molecule has 1 heterocycles. The summed E-state index contributed by atoms with van der Waals surface area (Å²) < 4.78 is 0. The van der Waals surface area contributed by atoms with E-state index in [2.05, 4.69) is 0 Å². The van der Waals surface area contributed by atoms with Gasteiger partial charge in [0.25, 0.3) is 0 Å². The first-order chi connectivity index (χ1) is 9.04. The van der Waals surface area contributed by atoms with Crippen molar-refractivity contribution in [2.24, 2.45) is 0 Å². The minimum absolute atomic E-state index is 0.0292. The van der Waals surface area contributed by atoms with Gasteiger partial charge in [0, 0.05) is 15.9 Å². The summed E-state index contributed by atoms with van der Waals surface area (Å²) in [7, 11) is 0. The van der Waals surface area contributed by atoms with Gasteiger partial charge >= 0.3 is 5.97 Å². The lowest BCUT2D eigenvalue weighted by Crippen LogP contribution is -2.28. The molecule has 19 heavy (non-hydrogen) atoms. The van der Waals surface area contributed by atoms with E-state index in [1.54, 1.807) is 0 Å². The quantitative estimate of drug-likeness (QED) is 0.912. The van der Waals surface area contributed by atoms with Crippen molar-refractivity contribution in [2.45, 2.75) is 13.5 Å². The summed E-state index contributed by atoms with van der Waals surface area (Å²) in [5.41, 5.74) is 2.05. The van der Waals surface area contributed by atoms with E-state index in [-0.39, 0.29) is 6.54 Å². The molecule has 0 spiro atoms. The molecule has 0 aliphatic rings. The van der Waals surface area contributed by atoms with Crippen LogP contribution in [0, 0.1) is 6.92 Å². The summed E-state index contributed by atoms with van der Waals surface area (Å²) in [6.45, 7) is 2.52. The highest BCUT2D eigenvalue weighted by molar-refractivity contribution is 7.10. The van der Waals surface area contributed by atoms with Crippen molar-refractivity contribution in [1.82, 2.24) is 0 Å². The lowest BCUT2D eigenvalue weighted by atomic mass is 10.2. The van der Waals surface area contributed by atoms with Crippen molar-refractivity contribution in [3.63, 3.8) is 0 Å². The summed E-state index contributed by atoms with van der Waals surface area (Å²) in [5, 5.41) is 11.6. The molecule has 0 unspecified atom stereocenters. The Balaban J connectivity index is 2.20. The maximum absolute atomic E-state index is 11.0. The number of hydrogen-bond acceptors (Lipinski definition) is 3. The van der Waals surface area contributed by atoms with Gasteiger partial charge in [0.1, 0.15) is 6.54 Å². The van der Waals surface area contributed by atoms with Gasteiger partial charge in [0.15, 0.2) is 0 Å². The molecule has 0 bridgehead atoms. The maximum Gasteiger partial charge on any atom is 0.323 e. The van der Waals surface area contributed by atoms with Gasteiger partial charge in [-0.1, -0.05) is 29.3 Å². The fourth-order valence-electron chi connectivity index (χ4n) is 1.78. The van der Waals surface area contributed by atoms with Crippen LogP contribution in [0.4, 0.5) is 5.69 Å². The molecular weight excluding hydrogens is 282 g/mol. The van der Waals surface area contributed by atoms with Crippen molar-refractivity contribution in [3.8, 4) is 0 Å². The van der Waals surface area contributed by atoms with Crippen molar-refractivity contribution >= 4 is 34.6 Å². The predicted octanol–water partition coefficient (Wildman–Crippen LogP) is 3.80. The molecule has 100 valence electrons. The molecule has 0 saturated heterocycles. The lowest BCUT2D eigenvalue weighted by molar-refractivity contribution is -0.135. The van der Waals surface area contributed by atoms with Gasteiger partial charge in [0.05, 0.1) is 11.6 Å². The first kappa shape index (κ1) is 13.9. The third-order valence-corrected chi connectivity index (χ3v) is 3.96. The Morgan fingerprint density at radius 2 is 2.05 bits per heavy atom. The van der Waals surface area contributed by atoms with Gasteiger partial charge in [-0.25, -0.2) is 0 Å². The average molecular weight is 296 g/mol. The fourth-order valence-corrected chi connectivity index (χ4v) is 2.87. The highest BCUT2D eigenvalue weighted by Crippen LogP contribution is 2.23. The van der Waals surface area contributed by atoms with E-state index in [4.69, 9.17) is 16.7 Å². The smallest absolute Gasteiger partial charge is 0.323 e. The molecule has 1 N–H and O–H groups in total. The van der Waals surface area contributed by atoms with Crippen molar-refractivity contribution in [2.75, 3.05) is 11.4 Å². The predicted molar refractivity (Wildman–Crippen MR) is 79.2 cm³/mol. The maximum atomic E-state index is 11.0. The number of carboxylic acids is 1. The third kappa shape index (κ3) is 3.98. The van der Waals surface area contributed by atoms with Crippen LogP contribution >= 0.6 is 22.9 Å². The van der Waals surface area contributed by atoms with Crippen LogP contribution in [0.5, 0.6) is 0 Å². The zero-order chi connectivity index (χ0) is 13.8. The second kappa shape index (κ2) is 6.08. The monoisotopic (exact) mass is 295 g/mol. The average Bonchev–Trinajstić information content (AvgIpc) is 2.74. The van der Waals surface area contributed by atoms with Crippen LogP contribution in [0.3, 0.4) is 0 Å². The molecule has 0 radical (unpaired) electrons.